The number of hydrogen-bond donors (Lipinski definition) is 2. The fraction of sp³-hybridized carbons (Fsp3) is 0.500. The highest BCUT2D eigenvalue weighted by Gasteiger charge is 2.37. The average molecular weight is 328 g/mol. The lowest BCUT2D eigenvalue weighted by Crippen LogP contribution is -2.30. The average Bonchev–Trinajstić information content (AvgIpc) is 2.86. The topological polar surface area (TPSA) is 98.2 Å². The number of hydrogen-bond acceptors (Lipinski definition) is 5. The Bertz CT molecular complexity index is 651. The van der Waals surface area contributed by atoms with Gasteiger partial charge in [-0.15, -0.1) is 0 Å². The Kier molecular flexibility index (Phi) is 4.86. The highest BCUT2D eigenvalue weighted by Crippen LogP contribution is 2.22. The molecular formula is C14H20N2O5S. The van der Waals surface area contributed by atoms with Crippen LogP contribution in [-0.2, 0) is 10.0 Å². The van der Waals surface area contributed by atoms with Crippen LogP contribution in [-0.4, -0.2) is 72.6 Å². The van der Waals surface area contributed by atoms with Gasteiger partial charge in [0.05, 0.1) is 17.1 Å². The van der Waals surface area contributed by atoms with Crippen molar-refractivity contribution in [3.8, 4) is 0 Å². The van der Waals surface area contributed by atoms with Gasteiger partial charge in [0.15, 0.2) is 0 Å². The summed E-state index contributed by atoms with van der Waals surface area (Å²) in [5.74, 6) is -0.263. The third kappa shape index (κ3) is 3.14. The molecule has 0 saturated carbocycles. The van der Waals surface area contributed by atoms with E-state index in [1.807, 2.05) is 6.92 Å². The molecule has 0 spiro atoms. The molecule has 1 fully saturated rings. The first-order chi connectivity index (χ1) is 10.3. The zero-order valence-electron chi connectivity index (χ0n) is 12.5. The maximum absolute atomic E-state index is 12.5. The number of benzene rings is 1. The van der Waals surface area contributed by atoms with Crippen molar-refractivity contribution in [3.63, 3.8) is 0 Å². The van der Waals surface area contributed by atoms with Crippen LogP contribution >= 0.6 is 0 Å². The standard InChI is InChI=1S/C14H20N2O5S/c1-3-15(2)14(19)10-5-4-6-11(7-10)22(20,21)16-8-12(17)13(18)9-16/h4-7,12-13,17-18H,3,8-9H2,1-2H3/t12-,13+. The second-order valence-corrected chi connectivity index (χ2v) is 7.24. The quantitative estimate of drug-likeness (QED) is 0.777. The lowest BCUT2D eigenvalue weighted by Gasteiger charge is -2.18. The van der Waals surface area contributed by atoms with Crippen LogP contribution in [0.15, 0.2) is 29.2 Å². The Balaban J connectivity index is 2.31. The van der Waals surface area contributed by atoms with Crippen LogP contribution in [0.3, 0.4) is 0 Å². The molecule has 0 aliphatic carbocycles. The summed E-state index contributed by atoms with van der Waals surface area (Å²) in [6.07, 6.45) is -2.18. The molecule has 22 heavy (non-hydrogen) atoms. The van der Waals surface area contributed by atoms with Crippen molar-refractivity contribution in [2.75, 3.05) is 26.7 Å². The summed E-state index contributed by atoms with van der Waals surface area (Å²) in [5, 5.41) is 19.0. The number of sulfonamides is 1. The molecule has 2 atom stereocenters. The molecule has 0 radical (unpaired) electrons. The van der Waals surface area contributed by atoms with Crippen molar-refractivity contribution in [1.29, 1.82) is 0 Å². The first-order valence-corrected chi connectivity index (χ1v) is 8.43. The van der Waals surface area contributed by atoms with Gasteiger partial charge < -0.3 is 15.1 Å². The van der Waals surface area contributed by atoms with E-state index in [1.165, 1.54) is 23.1 Å². The van der Waals surface area contributed by atoms with Crippen LogP contribution in [0.2, 0.25) is 0 Å². The van der Waals surface area contributed by atoms with Crippen LogP contribution in [0.25, 0.3) is 0 Å². The molecule has 1 aromatic carbocycles. The van der Waals surface area contributed by atoms with E-state index < -0.39 is 22.2 Å². The smallest absolute Gasteiger partial charge is 0.253 e. The molecule has 1 amide bonds. The van der Waals surface area contributed by atoms with Gasteiger partial charge in [0.2, 0.25) is 10.0 Å². The monoisotopic (exact) mass is 328 g/mol. The molecule has 1 aliphatic rings. The summed E-state index contributed by atoms with van der Waals surface area (Å²) >= 11 is 0. The maximum atomic E-state index is 12.5. The molecule has 7 nitrogen and oxygen atoms in total. The minimum Gasteiger partial charge on any atom is -0.389 e. The molecular weight excluding hydrogens is 308 g/mol. The number of carbonyl (C=O) groups excluding carboxylic acids is 1. The van der Waals surface area contributed by atoms with Gasteiger partial charge in [-0.25, -0.2) is 8.42 Å². The van der Waals surface area contributed by atoms with E-state index in [0.29, 0.717) is 6.54 Å². The highest BCUT2D eigenvalue weighted by atomic mass is 32.2. The number of β-amino-alcohol motifs (C(OH)–C–C–N with tert-alkyl or cyclic N) is 2. The molecule has 122 valence electrons. The Morgan fingerprint density at radius 1 is 1.32 bits per heavy atom. The van der Waals surface area contributed by atoms with Gasteiger partial charge >= 0.3 is 0 Å². The number of rotatable bonds is 4. The zero-order chi connectivity index (χ0) is 16.5. The molecule has 1 aliphatic heterocycles. The second kappa shape index (κ2) is 6.33. The van der Waals surface area contributed by atoms with Gasteiger partial charge in [0.1, 0.15) is 0 Å². The van der Waals surface area contributed by atoms with Gasteiger partial charge in [-0.05, 0) is 25.1 Å². The van der Waals surface area contributed by atoms with Crippen LogP contribution < -0.4 is 0 Å². The minimum atomic E-state index is -3.85. The summed E-state index contributed by atoms with van der Waals surface area (Å²) in [7, 11) is -2.21. The minimum absolute atomic E-state index is 0.0239. The zero-order valence-corrected chi connectivity index (χ0v) is 13.3. The molecule has 1 aromatic rings. The van der Waals surface area contributed by atoms with E-state index in [0.717, 1.165) is 4.31 Å². The van der Waals surface area contributed by atoms with E-state index in [9.17, 15) is 23.4 Å². The first kappa shape index (κ1) is 16.9. The van der Waals surface area contributed by atoms with E-state index in [2.05, 4.69) is 0 Å². The molecule has 8 heteroatoms. The third-order valence-corrected chi connectivity index (χ3v) is 5.59. The van der Waals surface area contributed by atoms with Gasteiger partial charge in [0.25, 0.3) is 5.91 Å². The summed E-state index contributed by atoms with van der Waals surface area (Å²) in [6.45, 7) is 2.03. The predicted molar refractivity (Wildman–Crippen MR) is 79.8 cm³/mol. The van der Waals surface area contributed by atoms with Crippen molar-refractivity contribution < 1.29 is 23.4 Å². The number of amides is 1. The molecule has 2 N–H and O–H groups in total. The number of aliphatic hydroxyl groups excluding tert-OH is 2. The molecule has 1 saturated heterocycles. The number of nitrogens with zero attached hydrogens (tertiary/aromatic N) is 2. The van der Waals surface area contributed by atoms with Crippen LogP contribution in [0.5, 0.6) is 0 Å². The lowest BCUT2D eigenvalue weighted by molar-refractivity contribution is 0.0572. The normalized spacial score (nSPS) is 22.7. The number of aliphatic hydroxyl groups is 2. The summed E-state index contributed by atoms with van der Waals surface area (Å²) in [4.78, 5) is 13.6. The Morgan fingerprint density at radius 2 is 1.91 bits per heavy atom. The van der Waals surface area contributed by atoms with Crippen LogP contribution in [0, 0.1) is 0 Å². The lowest BCUT2D eigenvalue weighted by atomic mass is 10.2. The summed E-state index contributed by atoms with van der Waals surface area (Å²) < 4.78 is 26.1. The van der Waals surface area contributed by atoms with Crippen molar-refractivity contribution in [3.05, 3.63) is 29.8 Å². The predicted octanol–water partition coefficient (Wildman–Crippen LogP) is -0.495. The molecule has 2 rings (SSSR count). The fourth-order valence-corrected chi connectivity index (χ4v) is 3.76. The van der Waals surface area contributed by atoms with Crippen LogP contribution in [0.4, 0.5) is 0 Å². The largest absolute Gasteiger partial charge is 0.389 e. The van der Waals surface area contributed by atoms with Gasteiger partial charge in [-0.3, -0.25) is 4.79 Å². The van der Waals surface area contributed by atoms with Crippen molar-refractivity contribution in [1.82, 2.24) is 9.21 Å². The van der Waals surface area contributed by atoms with Gasteiger partial charge in [-0.1, -0.05) is 6.07 Å². The Labute approximate surface area is 129 Å². The van der Waals surface area contributed by atoms with E-state index >= 15 is 0 Å². The van der Waals surface area contributed by atoms with E-state index in [4.69, 9.17) is 0 Å². The molecule has 0 unspecified atom stereocenters. The Hall–Kier alpha value is -1.48. The highest BCUT2D eigenvalue weighted by molar-refractivity contribution is 7.89. The SMILES string of the molecule is CCN(C)C(=O)c1cccc(S(=O)(=O)N2C[C@@H](O)[C@@H](O)C2)c1. The maximum Gasteiger partial charge on any atom is 0.253 e. The first-order valence-electron chi connectivity index (χ1n) is 6.99. The third-order valence-electron chi connectivity index (χ3n) is 3.77. The second-order valence-electron chi connectivity index (χ2n) is 5.30. The van der Waals surface area contributed by atoms with Crippen molar-refractivity contribution in [2.24, 2.45) is 0 Å². The Morgan fingerprint density at radius 3 is 2.45 bits per heavy atom. The summed E-state index contributed by atoms with van der Waals surface area (Å²) in [6, 6.07) is 5.78. The van der Waals surface area contributed by atoms with Crippen LogP contribution in [0.1, 0.15) is 17.3 Å². The fourth-order valence-electron chi connectivity index (χ4n) is 2.23. The van der Waals surface area contributed by atoms with Crippen molar-refractivity contribution >= 4 is 15.9 Å². The molecule has 0 aromatic heterocycles. The van der Waals surface area contributed by atoms with E-state index in [1.54, 1.807) is 13.1 Å². The molecule has 1 heterocycles. The van der Waals surface area contributed by atoms with E-state index in [-0.39, 0.29) is 29.5 Å². The van der Waals surface area contributed by atoms with Crippen molar-refractivity contribution in [2.45, 2.75) is 24.0 Å². The number of carbonyl (C=O) groups is 1. The summed E-state index contributed by atoms with van der Waals surface area (Å²) in [5.41, 5.74) is 0.283. The molecule has 0 bridgehead atoms. The van der Waals surface area contributed by atoms with Gasteiger partial charge in [-0.2, -0.15) is 4.31 Å². The van der Waals surface area contributed by atoms with Gasteiger partial charge in [0, 0.05) is 32.2 Å².